The lowest BCUT2D eigenvalue weighted by Crippen LogP contribution is -2.40. The molecule has 0 saturated carbocycles. The average molecular weight is 284 g/mol. The van der Waals surface area contributed by atoms with Crippen LogP contribution in [-0.2, 0) is 0 Å². The van der Waals surface area contributed by atoms with Gasteiger partial charge in [-0.3, -0.25) is 0 Å². The van der Waals surface area contributed by atoms with Crippen LogP contribution in [0.15, 0.2) is 12.1 Å². The monoisotopic (exact) mass is 284 g/mol. The van der Waals surface area contributed by atoms with Gasteiger partial charge in [0.15, 0.2) is 11.6 Å². The summed E-state index contributed by atoms with van der Waals surface area (Å²) in [6.07, 6.45) is 0. The zero-order valence-electron chi connectivity index (χ0n) is 11.6. The number of anilines is 2. The Kier molecular flexibility index (Phi) is 4.45. The first-order chi connectivity index (χ1) is 9.01. The number of ether oxygens (including phenoxy) is 1. The van der Waals surface area contributed by atoms with E-state index in [1.807, 2.05) is 18.7 Å². The van der Waals surface area contributed by atoms with Crippen molar-refractivity contribution >= 4 is 23.1 Å². The second kappa shape index (κ2) is 5.90. The minimum atomic E-state index is -0.393. The molecular formula is C14H21FN2OS. The maximum atomic E-state index is 13.7. The Bertz CT molecular complexity index is 445. The molecule has 1 aliphatic rings. The Hall–Kier alpha value is -1.10. The summed E-state index contributed by atoms with van der Waals surface area (Å²) in [4.78, 5) is 2.23. The van der Waals surface area contributed by atoms with E-state index in [4.69, 9.17) is 10.5 Å². The molecule has 2 rings (SSSR count). The first kappa shape index (κ1) is 14.3. The third kappa shape index (κ3) is 3.26. The van der Waals surface area contributed by atoms with Gasteiger partial charge in [-0.2, -0.15) is 11.8 Å². The Balaban J connectivity index is 2.30. The molecule has 2 atom stereocenters. The number of halogens is 1. The third-order valence-electron chi connectivity index (χ3n) is 3.14. The van der Waals surface area contributed by atoms with Gasteiger partial charge in [-0.15, -0.1) is 0 Å². The molecule has 1 aromatic carbocycles. The van der Waals surface area contributed by atoms with Crippen LogP contribution in [0.4, 0.5) is 15.8 Å². The van der Waals surface area contributed by atoms with Crippen molar-refractivity contribution in [3.63, 3.8) is 0 Å². The zero-order valence-corrected chi connectivity index (χ0v) is 12.5. The minimum absolute atomic E-state index is 0.283. The maximum absolute atomic E-state index is 13.7. The van der Waals surface area contributed by atoms with E-state index in [-0.39, 0.29) is 5.75 Å². The van der Waals surface area contributed by atoms with Gasteiger partial charge in [-0.1, -0.05) is 13.8 Å². The highest BCUT2D eigenvalue weighted by Crippen LogP contribution is 2.35. The van der Waals surface area contributed by atoms with Gasteiger partial charge in [0.2, 0.25) is 0 Å². The van der Waals surface area contributed by atoms with Gasteiger partial charge in [0.1, 0.15) is 0 Å². The molecule has 19 heavy (non-hydrogen) atoms. The van der Waals surface area contributed by atoms with Crippen molar-refractivity contribution in [2.75, 3.05) is 30.3 Å². The average Bonchev–Trinajstić information content (AvgIpc) is 2.31. The summed E-state index contributed by atoms with van der Waals surface area (Å²) in [6, 6.07) is 3.08. The molecule has 0 aromatic heterocycles. The van der Waals surface area contributed by atoms with Gasteiger partial charge in [0.05, 0.1) is 18.0 Å². The van der Waals surface area contributed by atoms with Crippen LogP contribution in [0.1, 0.15) is 20.8 Å². The fourth-order valence-electron chi connectivity index (χ4n) is 2.47. The SMILES string of the molecule is CCOc1cc(N2CC(C)SC(C)C2)c(N)cc1F. The van der Waals surface area contributed by atoms with Crippen LogP contribution in [0, 0.1) is 5.82 Å². The number of thioether (sulfide) groups is 1. The molecule has 1 heterocycles. The van der Waals surface area contributed by atoms with Gasteiger partial charge in [-0.05, 0) is 6.92 Å². The van der Waals surface area contributed by atoms with Crippen LogP contribution in [-0.4, -0.2) is 30.2 Å². The predicted molar refractivity (Wildman–Crippen MR) is 80.7 cm³/mol. The smallest absolute Gasteiger partial charge is 0.167 e. The van der Waals surface area contributed by atoms with E-state index in [0.29, 0.717) is 22.8 Å². The molecular weight excluding hydrogens is 263 g/mol. The third-order valence-corrected chi connectivity index (χ3v) is 4.37. The molecule has 0 radical (unpaired) electrons. The molecule has 1 aromatic rings. The highest BCUT2D eigenvalue weighted by molar-refractivity contribution is 8.00. The summed E-state index contributed by atoms with van der Waals surface area (Å²) < 4.78 is 19.0. The highest BCUT2D eigenvalue weighted by Gasteiger charge is 2.24. The first-order valence-corrected chi connectivity index (χ1v) is 7.57. The van der Waals surface area contributed by atoms with Crippen molar-refractivity contribution in [2.24, 2.45) is 0 Å². The number of hydrogen-bond donors (Lipinski definition) is 1. The molecule has 0 aliphatic carbocycles. The van der Waals surface area contributed by atoms with E-state index < -0.39 is 5.82 Å². The van der Waals surface area contributed by atoms with Gasteiger partial charge in [-0.25, -0.2) is 4.39 Å². The van der Waals surface area contributed by atoms with Crippen molar-refractivity contribution in [1.82, 2.24) is 0 Å². The van der Waals surface area contributed by atoms with Gasteiger partial charge in [0.25, 0.3) is 0 Å². The number of benzene rings is 1. The van der Waals surface area contributed by atoms with E-state index in [2.05, 4.69) is 18.7 Å². The Morgan fingerprint density at radius 2 is 2.00 bits per heavy atom. The summed E-state index contributed by atoms with van der Waals surface area (Å²) in [5.74, 6) is -0.110. The van der Waals surface area contributed by atoms with Crippen molar-refractivity contribution in [1.29, 1.82) is 0 Å². The molecule has 3 nitrogen and oxygen atoms in total. The summed E-state index contributed by atoms with van der Waals surface area (Å²) >= 11 is 1.98. The quantitative estimate of drug-likeness (QED) is 0.866. The normalized spacial score (nSPS) is 23.5. The van der Waals surface area contributed by atoms with E-state index in [0.717, 1.165) is 18.8 Å². The van der Waals surface area contributed by atoms with Crippen LogP contribution in [0.25, 0.3) is 0 Å². The lowest BCUT2D eigenvalue weighted by Gasteiger charge is -2.37. The Morgan fingerprint density at radius 1 is 1.37 bits per heavy atom. The molecule has 2 unspecified atom stereocenters. The number of nitrogens with zero attached hydrogens (tertiary/aromatic N) is 1. The fourth-order valence-corrected chi connectivity index (χ4v) is 3.80. The molecule has 0 bridgehead atoms. The second-order valence-corrected chi connectivity index (χ2v) is 6.82. The lowest BCUT2D eigenvalue weighted by atomic mass is 10.2. The molecule has 0 spiro atoms. The number of hydrogen-bond acceptors (Lipinski definition) is 4. The fraction of sp³-hybridized carbons (Fsp3) is 0.571. The van der Waals surface area contributed by atoms with E-state index in [1.54, 1.807) is 6.07 Å². The molecule has 106 valence electrons. The lowest BCUT2D eigenvalue weighted by molar-refractivity contribution is 0.321. The number of nitrogens with two attached hydrogens (primary N) is 1. The van der Waals surface area contributed by atoms with Crippen molar-refractivity contribution in [3.8, 4) is 5.75 Å². The number of nitrogen functional groups attached to an aromatic ring is 1. The first-order valence-electron chi connectivity index (χ1n) is 6.63. The predicted octanol–water partition coefficient (Wildman–Crippen LogP) is 3.14. The molecule has 1 fully saturated rings. The molecule has 0 amide bonds. The summed E-state index contributed by atoms with van der Waals surface area (Å²) in [5.41, 5.74) is 7.32. The van der Waals surface area contributed by atoms with Crippen molar-refractivity contribution in [3.05, 3.63) is 17.9 Å². The maximum Gasteiger partial charge on any atom is 0.167 e. The highest BCUT2D eigenvalue weighted by atomic mass is 32.2. The van der Waals surface area contributed by atoms with Crippen molar-refractivity contribution in [2.45, 2.75) is 31.3 Å². The topological polar surface area (TPSA) is 38.5 Å². The van der Waals surface area contributed by atoms with E-state index in [1.165, 1.54) is 6.07 Å². The minimum Gasteiger partial charge on any atom is -0.491 e. The van der Waals surface area contributed by atoms with Gasteiger partial charge in [0, 0.05) is 35.7 Å². The van der Waals surface area contributed by atoms with Crippen LogP contribution < -0.4 is 15.4 Å². The standard InChI is InChI=1S/C14H21FN2OS/c1-4-18-14-6-13(12(16)5-11(14)15)17-7-9(2)19-10(3)8-17/h5-6,9-10H,4,7-8,16H2,1-3H3. The molecule has 2 N–H and O–H groups in total. The van der Waals surface area contributed by atoms with Crippen molar-refractivity contribution < 1.29 is 9.13 Å². The largest absolute Gasteiger partial charge is 0.491 e. The number of rotatable bonds is 3. The van der Waals surface area contributed by atoms with Gasteiger partial charge >= 0.3 is 0 Å². The van der Waals surface area contributed by atoms with E-state index in [9.17, 15) is 4.39 Å². The van der Waals surface area contributed by atoms with Crippen LogP contribution in [0.3, 0.4) is 0 Å². The zero-order chi connectivity index (χ0) is 14.0. The molecule has 5 heteroatoms. The van der Waals surface area contributed by atoms with E-state index >= 15 is 0 Å². The van der Waals surface area contributed by atoms with Crippen LogP contribution >= 0.6 is 11.8 Å². The summed E-state index contributed by atoms with van der Waals surface area (Å²) in [5, 5.41) is 1.09. The Morgan fingerprint density at radius 3 is 2.58 bits per heavy atom. The Labute approximate surface area is 118 Å². The van der Waals surface area contributed by atoms with Gasteiger partial charge < -0.3 is 15.4 Å². The van der Waals surface area contributed by atoms with Crippen LogP contribution in [0.2, 0.25) is 0 Å². The summed E-state index contributed by atoms with van der Waals surface area (Å²) in [7, 11) is 0. The molecule has 1 saturated heterocycles. The second-order valence-electron chi connectivity index (χ2n) is 4.94. The molecule has 1 aliphatic heterocycles. The summed E-state index contributed by atoms with van der Waals surface area (Å²) in [6.45, 7) is 8.56. The van der Waals surface area contributed by atoms with Crippen LogP contribution in [0.5, 0.6) is 5.75 Å².